The molecule has 0 saturated carbocycles. The third kappa shape index (κ3) is 2.87. The van der Waals surface area contributed by atoms with Crippen molar-refractivity contribution in [2.24, 2.45) is 0 Å². The number of carboxylic acids is 1. The minimum absolute atomic E-state index is 0.0208. The summed E-state index contributed by atoms with van der Waals surface area (Å²) >= 11 is 3.16. The lowest BCUT2D eigenvalue weighted by molar-refractivity contribution is -0.312. The maximum atomic E-state index is 12.6. The van der Waals surface area contributed by atoms with E-state index in [-0.39, 0.29) is 22.7 Å². The summed E-state index contributed by atoms with van der Waals surface area (Å²) in [6.45, 7) is 1.27. The lowest BCUT2D eigenvalue weighted by atomic mass is 10.2. The predicted octanol–water partition coefficient (Wildman–Crippen LogP) is 2.33. The van der Waals surface area contributed by atoms with E-state index in [9.17, 15) is 14.7 Å². The van der Waals surface area contributed by atoms with Crippen molar-refractivity contribution in [1.82, 2.24) is 0 Å². The van der Waals surface area contributed by atoms with Gasteiger partial charge in [-0.05, 0) is 47.1 Å². The predicted molar refractivity (Wildman–Crippen MR) is 83.0 cm³/mol. The highest BCUT2D eigenvalue weighted by molar-refractivity contribution is 9.10. The SMILES string of the molecule is C[C@@H](Oc1c(-c2ccc(Br)o2)oc2ccccc2c1=O)C(=O)[O-]. The van der Waals surface area contributed by atoms with E-state index in [4.69, 9.17) is 13.6 Å². The number of halogens is 1. The molecule has 6 nitrogen and oxygen atoms in total. The molecule has 2 aromatic heterocycles. The Kier molecular flexibility index (Phi) is 3.96. The molecule has 118 valence electrons. The fraction of sp³-hybridized carbons (Fsp3) is 0.125. The number of furan rings is 1. The van der Waals surface area contributed by atoms with Gasteiger partial charge in [0.05, 0.1) is 11.4 Å². The number of carboxylic acid groups (broad SMARTS) is 1. The van der Waals surface area contributed by atoms with Crippen molar-refractivity contribution in [2.45, 2.75) is 13.0 Å². The Bertz CT molecular complexity index is 939. The quantitative estimate of drug-likeness (QED) is 0.692. The number of hydrogen-bond donors (Lipinski definition) is 0. The molecule has 0 bridgehead atoms. The molecular formula is C16H10BrO6-. The number of para-hydroxylation sites is 1. The molecule has 3 rings (SSSR count). The summed E-state index contributed by atoms with van der Waals surface area (Å²) in [5.74, 6) is -1.42. The molecule has 2 heterocycles. The number of hydrogen-bond acceptors (Lipinski definition) is 6. The molecule has 0 fully saturated rings. The zero-order chi connectivity index (χ0) is 16.6. The molecule has 23 heavy (non-hydrogen) atoms. The molecule has 3 aromatic rings. The summed E-state index contributed by atoms with van der Waals surface area (Å²) in [5, 5.41) is 11.2. The van der Waals surface area contributed by atoms with E-state index in [1.165, 1.54) is 6.92 Å². The van der Waals surface area contributed by atoms with Crippen LogP contribution in [0.1, 0.15) is 6.92 Å². The van der Waals surface area contributed by atoms with Gasteiger partial charge in [0.1, 0.15) is 11.7 Å². The summed E-state index contributed by atoms with van der Waals surface area (Å²) in [7, 11) is 0. The van der Waals surface area contributed by atoms with Crippen molar-refractivity contribution >= 4 is 32.9 Å². The van der Waals surface area contributed by atoms with Gasteiger partial charge in [0.15, 0.2) is 10.4 Å². The standard InChI is InChI=1S/C16H11BrO6/c1-8(16(19)20)21-15-13(18)9-4-2-3-5-10(9)23-14(15)11-6-7-12(17)22-11/h2-8H,1H3,(H,19,20)/p-1/t8-/m1/s1. The molecule has 0 aliphatic heterocycles. The minimum Gasteiger partial charge on any atom is -0.546 e. The first kappa shape index (κ1) is 15.4. The van der Waals surface area contributed by atoms with Gasteiger partial charge in [-0.25, -0.2) is 0 Å². The number of carbonyl (C=O) groups excluding carboxylic acids is 1. The lowest BCUT2D eigenvalue weighted by Crippen LogP contribution is -2.38. The first-order valence-electron chi connectivity index (χ1n) is 6.66. The van der Waals surface area contributed by atoms with Crippen molar-refractivity contribution < 1.29 is 23.5 Å². The van der Waals surface area contributed by atoms with Crippen LogP contribution in [0.5, 0.6) is 5.75 Å². The molecule has 1 aromatic carbocycles. The van der Waals surface area contributed by atoms with Crippen molar-refractivity contribution in [3.63, 3.8) is 0 Å². The van der Waals surface area contributed by atoms with Gasteiger partial charge >= 0.3 is 0 Å². The Morgan fingerprint density at radius 1 is 1.22 bits per heavy atom. The summed E-state index contributed by atoms with van der Waals surface area (Å²) in [4.78, 5) is 23.6. The van der Waals surface area contributed by atoms with Gasteiger partial charge in [0, 0.05) is 0 Å². The van der Waals surface area contributed by atoms with Gasteiger partial charge in [-0.15, -0.1) is 0 Å². The van der Waals surface area contributed by atoms with Crippen molar-refractivity contribution in [1.29, 1.82) is 0 Å². The number of carbonyl (C=O) groups is 1. The maximum absolute atomic E-state index is 12.6. The summed E-state index contributed by atoms with van der Waals surface area (Å²) in [6, 6.07) is 9.79. The van der Waals surface area contributed by atoms with Crippen molar-refractivity contribution in [3.05, 3.63) is 51.3 Å². The van der Waals surface area contributed by atoms with Gasteiger partial charge in [-0.2, -0.15) is 0 Å². The van der Waals surface area contributed by atoms with Crippen molar-refractivity contribution in [3.8, 4) is 17.3 Å². The zero-order valence-electron chi connectivity index (χ0n) is 11.9. The molecule has 1 atom stereocenters. The topological polar surface area (TPSA) is 92.7 Å². The smallest absolute Gasteiger partial charge is 0.235 e. The third-order valence-electron chi connectivity index (χ3n) is 3.18. The molecule has 0 aliphatic carbocycles. The van der Waals surface area contributed by atoms with E-state index in [1.54, 1.807) is 36.4 Å². The molecule has 7 heteroatoms. The molecular weight excluding hydrogens is 368 g/mol. The van der Waals surface area contributed by atoms with Crippen LogP contribution in [0.25, 0.3) is 22.5 Å². The van der Waals surface area contributed by atoms with Crippen LogP contribution in [0.3, 0.4) is 0 Å². The van der Waals surface area contributed by atoms with Crippen LogP contribution in [0.15, 0.2) is 54.7 Å². The van der Waals surface area contributed by atoms with Gasteiger partial charge in [-0.3, -0.25) is 4.79 Å². The van der Waals surface area contributed by atoms with E-state index in [0.717, 1.165) is 0 Å². The van der Waals surface area contributed by atoms with E-state index in [0.29, 0.717) is 10.3 Å². The van der Waals surface area contributed by atoms with E-state index < -0.39 is 17.5 Å². The molecule has 0 N–H and O–H groups in total. The highest BCUT2D eigenvalue weighted by atomic mass is 79.9. The lowest BCUT2D eigenvalue weighted by Gasteiger charge is -2.16. The number of aliphatic carboxylic acids is 1. The van der Waals surface area contributed by atoms with Gasteiger partial charge in [-0.1, -0.05) is 12.1 Å². The van der Waals surface area contributed by atoms with Crippen LogP contribution in [-0.4, -0.2) is 12.1 Å². The molecule has 0 radical (unpaired) electrons. The Hall–Kier alpha value is -2.54. The van der Waals surface area contributed by atoms with Crippen LogP contribution >= 0.6 is 15.9 Å². The molecule has 0 amide bonds. The first-order valence-corrected chi connectivity index (χ1v) is 7.45. The monoisotopic (exact) mass is 377 g/mol. The van der Waals surface area contributed by atoms with Crippen molar-refractivity contribution in [2.75, 3.05) is 0 Å². The average Bonchev–Trinajstić information content (AvgIpc) is 2.96. The van der Waals surface area contributed by atoms with E-state index in [1.807, 2.05) is 0 Å². The number of rotatable bonds is 4. The largest absolute Gasteiger partial charge is 0.546 e. The van der Waals surface area contributed by atoms with E-state index in [2.05, 4.69) is 15.9 Å². The van der Waals surface area contributed by atoms with Crippen LogP contribution in [-0.2, 0) is 4.79 Å². The highest BCUT2D eigenvalue weighted by Crippen LogP contribution is 2.33. The van der Waals surface area contributed by atoms with Crippen LogP contribution in [0, 0.1) is 0 Å². The Balaban J connectivity index is 2.27. The second-order valence-electron chi connectivity index (χ2n) is 4.77. The van der Waals surface area contributed by atoms with Gasteiger partial charge < -0.3 is 23.5 Å². The Morgan fingerprint density at radius 3 is 2.61 bits per heavy atom. The molecule has 0 saturated heterocycles. The summed E-state index contributed by atoms with van der Waals surface area (Å²) in [6.07, 6.45) is -1.32. The average molecular weight is 378 g/mol. The van der Waals surface area contributed by atoms with Gasteiger partial charge in [0.2, 0.25) is 16.9 Å². The first-order chi connectivity index (χ1) is 11.0. The van der Waals surface area contributed by atoms with E-state index >= 15 is 0 Å². The second kappa shape index (κ2) is 5.92. The normalized spacial score (nSPS) is 12.3. The number of ether oxygens (including phenoxy) is 1. The van der Waals surface area contributed by atoms with Crippen LogP contribution < -0.4 is 15.3 Å². The Morgan fingerprint density at radius 2 is 1.96 bits per heavy atom. The Labute approximate surface area is 138 Å². The van der Waals surface area contributed by atoms with Crippen LogP contribution in [0.4, 0.5) is 0 Å². The highest BCUT2D eigenvalue weighted by Gasteiger charge is 2.22. The second-order valence-corrected chi connectivity index (χ2v) is 5.55. The third-order valence-corrected chi connectivity index (χ3v) is 3.61. The minimum atomic E-state index is -1.44. The summed E-state index contributed by atoms with van der Waals surface area (Å²) < 4.78 is 16.8. The number of fused-ring (bicyclic) bond motifs is 1. The van der Waals surface area contributed by atoms with Gasteiger partial charge in [0.25, 0.3) is 0 Å². The molecule has 0 unspecified atom stereocenters. The molecule has 0 spiro atoms. The zero-order valence-corrected chi connectivity index (χ0v) is 13.5. The maximum Gasteiger partial charge on any atom is 0.235 e. The molecule has 0 aliphatic rings. The fourth-order valence-corrected chi connectivity index (χ4v) is 2.36. The summed E-state index contributed by atoms with van der Waals surface area (Å²) in [5.41, 5.74) is -0.143. The number of benzene rings is 1. The fourth-order valence-electron chi connectivity index (χ4n) is 2.06. The van der Waals surface area contributed by atoms with Crippen LogP contribution in [0.2, 0.25) is 0 Å².